The molecular formula is C20H12ClN3O4. The highest BCUT2D eigenvalue weighted by molar-refractivity contribution is 6.31. The quantitative estimate of drug-likeness (QED) is 0.513. The fourth-order valence-electron chi connectivity index (χ4n) is 3.50. The van der Waals surface area contributed by atoms with Gasteiger partial charge in [0.2, 0.25) is 5.76 Å². The van der Waals surface area contributed by atoms with Crippen LogP contribution in [0.2, 0.25) is 5.02 Å². The molecule has 1 amide bonds. The molecule has 1 aromatic carbocycles. The molecule has 0 unspecified atom stereocenters. The number of benzene rings is 1. The first-order chi connectivity index (χ1) is 13.5. The number of aryl methyl sites for hydroxylation is 1. The third kappa shape index (κ3) is 2.36. The van der Waals surface area contributed by atoms with E-state index in [9.17, 15) is 9.59 Å². The van der Waals surface area contributed by atoms with Gasteiger partial charge in [-0.25, -0.2) is 0 Å². The lowest BCUT2D eigenvalue weighted by Crippen LogP contribution is -2.29. The molecule has 1 aliphatic heterocycles. The molecule has 5 rings (SSSR count). The number of aromatic nitrogens is 2. The molecule has 0 spiro atoms. The number of pyridine rings is 1. The Labute approximate surface area is 163 Å². The molecule has 0 saturated heterocycles. The lowest BCUT2D eigenvalue weighted by molar-refractivity contribution is 0.0969. The number of halogens is 1. The summed E-state index contributed by atoms with van der Waals surface area (Å²) in [6, 6.07) is 9.15. The molecule has 1 aliphatic rings. The predicted octanol–water partition coefficient (Wildman–Crippen LogP) is 3.89. The van der Waals surface area contributed by atoms with Crippen LogP contribution in [-0.2, 0) is 0 Å². The van der Waals surface area contributed by atoms with Crippen LogP contribution in [0.25, 0.3) is 11.0 Å². The zero-order valence-electron chi connectivity index (χ0n) is 14.5. The number of anilines is 1. The van der Waals surface area contributed by atoms with E-state index in [2.05, 4.69) is 10.1 Å². The van der Waals surface area contributed by atoms with Gasteiger partial charge in [0.1, 0.15) is 11.3 Å². The van der Waals surface area contributed by atoms with Crippen molar-refractivity contribution in [2.24, 2.45) is 0 Å². The molecule has 0 fully saturated rings. The Hall–Kier alpha value is -3.45. The Morgan fingerprint density at radius 3 is 2.75 bits per heavy atom. The fraction of sp³-hybridized carbons (Fsp3) is 0.100. The molecule has 0 bridgehead atoms. The van der Waals surface area contributed by atoms with Crippen molar-refractivity contribution in [3.05, 3.63) is 86.7 Å². The van der Waals surface area contributed by atoms with Gasteiger partial charge in [-0.2, -0.15) is 0 Å². The highest BCUT2D eigenvalue weighted by atomic mass is 35.5. The molecule has 138 valence electrons. The van der Waals surface area contributed by atoms with Crippen LogP contribution < -0.4 is 10.3 Å². The third-order valence-electron chi connectivity index (χ3n) is 4.69. The van der Waals surface area contributed by atoms with E-state index >= 15 is 0 Å². The average Bonchev–Trinajstić information content (AvgIpc) is 3.24. The van der Waals surface area contributed by atoms with E-state index in [0.717, 1.165) is 0 Å². The van der Waals surface area contributed by atoms with Gasteiger partial charge >= 0.3 is 0 Å². The van der Waals surface area contributed by atoms with Crippen molar-refractivity contribution in [2.45, 2.75) is 13.0 Å². The van der Waals surface area contributed by atoms with Crippen molar-refractivity contribution in [3.63, 3.8) is 0 Å². The minimum Gasteiger partial charge on any atom is -0.450 e. The lowest BCUT2D eigenvalue weighted by Gasteiger charge is -2.21. The Morgan fingerprint density at radius 2 is 2.04 bits per heavy atom. The minimum atomic E-state index is -0.736. The van der Waals surface area contributed by atoms with Gasteiger partial charge in [-0.3, -0.25) is 19.5 Å². The first-order valence-corrected chi connectivity index (χ1v) is 8.85. The fourth-order valence-corrected chi connectivity index (χ4v) is 3.67. The second kappa shape index (κ2) is 6.03. The maximum absolute atomic E-state index is 13.3. The van der Waals surface area contributed by atoms with E-state index in [1.165, 1.54) is 11.0 Å². The average molecular weight is 394 g/mol. The van der Waals surface area contributed by atoms with E-state index in [4.69, 9.17) is 20.5 Å². The summed E-state index contributed by atoms with van der Waals surface area (Å²) in [4.78, 5) is 32.1. The molecule has 8 heteroatoms. The molecular weight excluding hydrogens is 382 g/mol. The normalized spacial score (nSPS) is 16.0. The van der Waals surface area contributed by atoms with Gasteiger partial charge in [0.15, 0.2) is 11.2 Å². The summed E-state index contributed by atoms with van der Waals surface area (Å²) in [5, 5.41) is 4.68. The van der Waals surface area contributed by atoms with Crippen LogP contribution in [0.3, 0.4) is 0 Å². The summed E-state index contributed by atoms with van der Waals surface area (Å²) in [7, 11) is 0. The zero-order chi connectivity index (χ0) is 19.4. The van der Waals surface area contributed by atoms with Crippen molar-refractivity contribution < 1.29 is 13.7 Å². The number of amides is 1. The third-order valence-corrected chi connectivity index (χ3v) is 4.93. The highest BCUT2D eigenvalue weighted by Crippen LogP contribution is 2.40. The van der Waals surface area contributed by atoms with Gasteiger partial charge in [0.25, 0.3) is 5.91 Å². The van der Waals surface area contributed by atoms with E-state index in [0.29, 0.717) is 33.1 Å². The molecule has 1 atom stereocenters. The standard InChI is InChI=1S/C20H12ClN3O4/c1-10-7-15(23-28-10)24-17(11-3-2-6-22-9-11)16-18(25)13-8-12(21)4-5-14(13)27-19(16)20(24)26/h2-9,17H,1H3/t17-/m1/s1. The van der Waals surface area contributed by atoms with Gasteiger partial charge in [-0.15, -0.1) is 0 Å². The summed E-state index contributed by atoms with van der Waals surface area (Å²) in [5.74, 6) is 0.351. The van der Waals surface area contributed by atoms with Gasteiger partial charge in [0, 0.05) is 23.5 Å². The summed E-state index contributed by atoms with van der Waals surface area (Å²) >= 11 is 6.06. The summed E-state index contributed by atoms with van der Waals surface area (Å²) in [5.41, 5.74) is 0.866. The van der Waals surface area contributed by atoms with Gasteiger partial charge in [-0.1, -0.05) is 22.8 Å². The zero-order valence-corrected chi connectivity index (χ0v) is 15.3. The molecule has 0 N–H and O–H groups in total. The van der Waals surface area contributed by atoms with Crippen LogP contribution in [0.1, 0.15) is 33.5 Å². The van der Waals surface area contributed by atoms with E-state index in [1.807, 2.05) is 0 Å². The number of carbonyl (C=O) groups excluding carboxylic acids is 1. The van der Waals surface area contributed by atoms with E-state index in [1.54, 1.807) is 49.6 Å². The highest BCUT2D eigenvalue weighted by Gasteiger charge is 2.45. The van der Waals surface area contributed by atoms with Gasteiger partial charge in [0.05, 0.1) is 17.0 Å². The molecule has 7 nitrogen and oxygen atoms in total. The molecule has 4 heterocycles. The second-order valence-electron chi connectivity index (χ2n) is 6.47. The van der Waals surface area contributed by atoms with Crippen LogP contribution in [0.4, 0.5) is 5.82 Å². The number of hydrogen-bond acceptors (Lipinski definition) is 6. The molecule has 28 heavy (non-hydrogen) atoms. The molecule has 0 saturated carbocycles. The van der Waals surface area contributed by atoms with Gasteiger partial charge < -0.3 is 8.94 Å². The van der Waals surface area contributed by atoms with Crippen molar-refractivity contribution in [2.75, 3.05) is 4.90 Å². The topological polar surface area (TPSA) is 89.4 Å². The second-order valence-corrected chi connectivity index (χ2v) is 6.91. The number of carbonyl (C=O) groups is 1. The van der Waals surface area contributed by atoms with Crippen LogP contribution in [0.5, 0.6) is 0 Å². The maximum atomic E-state index is 13.3. The number of rotatable bonds is 2. The largest absolute Gasteiger partial charge is 0.450 e. The van der Waals surface area contributed by atoms with E-state index in [-0.39, 0.29) is 16.8 Å². The van der Waals surface area contributed by atoms with Crippen LogP contribution in [0.15, 0.2) is 62.5 Å². The Balaban J connectivity index is 1.84. The molecule has 0 aliphatic carbocycles. The van der Waals surface area contributed by atoms with Crippen molar-refractivity contribution in [1.29, 1.82) is 0 Å². The van der Waals surface area contributed by atoms with Gasteiger partial charge in [-0.05, 0) is 36.8 Å². The smallest absolute Gasteiger partial charge is 0.296 e. The summed E-state index contributed by atoms with van der Waals surface area (Å²) < 4.78 is 11.0. The van der Waals surface area contributed by atoms with Crippen LogP contribution in [0, 0.1) is 6.92 Å². The Morgan fingerprint density at radius 1 is 1.18 bits per heavy atom. The molecule has 4 aromatic rings. The summed E-state index contributed by atoms with van der Waals surface area (Å²) in [6.45, 7) is 1.73. The molecule has 0 radical (unpaired) electrons. The SMILES string of the molecule is Cc1cc(N2C(=O)c3oc4ccc(Cl)cc4c(=O)c3[C@H]2c2cccnc2)no1. The minimum absolute atomic E-state index is 0.0191. The lowest BCUT2D eigenvalue weighted by atomic mass is 10.00. The van der Waals surface area contributed by atoms with Crippen molar-refractivity contribution in [3.8, 4) is 0 Å². The Kier molecular flexibility index (Phi) is 3.60. The first kappa shape index (κ1) is 16.7. The first-order valence-electron chi connectivity index (χ1n) is 8.47. The number of fused-ring (bicyclic) bond motifs is 2. The monoisotopic (exact) mass is 393 g/mol. The molecule has 3 aromatic heterocycles. The number of nitrogens with zero attached hydrogens (tertiary/aromatic N) is 3. The maximum Gasteiger partial charge on any atom is 0.296 e. The predicted molar refractivity (Wildman–Crippen MR) is 102 cm³/mol. The van der Waals surface area contributed by atoms with Crippen molar-refractivity contribution >= 4 is 34.3 Å². The number of hydrogen-bond donors (Lipinski definition) is 0. The summed E-state index contributed by atoms with van der Waals surface area (Å²) in [6.07, 6.45) is 3.23. The Bertz CT molecular complexity index is 1300. The van der Waals surface area contributed by atoms with Crippen LogP contribution >= 0.6 is 11.6 Å². The van der Waals surface area contributed by atoms with E-state index < -0.39 is 11.9 Å². The van der Waals surface area contributed by atoms with Crippen molar-refractivity contribution in [1.82, 2.24) is 10.1 Å². The van der Waals surface area contributed by atoms with Crippen LogP contribution in [-0.4, -0.2) is 16.0 Å².